The van der Waals surface area contributed by atoms with Gasteiger partial charge in [0.2, 0.25) is 0 Å². The Morgan fingerprint density at radius 1 is 1.38 bits per heavy atom. The zero-order valence-electron chi connectivity index (χ0n) is 8.57. The molecule has 0 fully saturated rings. The Labute approximate surface area is 96.1 Å². The molecule has 90 valence electrons. The zero-order chi connectivity index (χ0) is 12.3. The van der Waals surface area contributed by atoms with Gasteiger partial charge in [0.15, 0.2) is 0 Å². The summed E-state index contributed by atoms with van der Waals surface area (Å²) in [7, 11) is 1.27. The maximum absolute atomic E-state index is 12.7. The molecule has 1 aromatic rings. The fourth-order valence-electron chi connectivity index (χ4n) is 1.38. The van der Waals surface area contributed by atoms with Crippen LogP contribution < -0.4 is 10.5 Å². The van der Waals surface area contributed by atoms with Crippen LogP contribution in [0.3, 0.4) is 0 Å². The lowest BCUT2D eigenvalue weighted by Crippen LogP contribution is -2.13. The van der Waals surface area contributed by atoms with Crippen LogP contribution >= 0.6 is 11.6 Å². The molecule has 0 unspecified atom stereocenters. The lowest BCUT2D eigenvalue weighted by Gasteiger charge is -2.14. The van der Waals surface area contributed by atoms with Gasteiger partial charge in [-0.2, -0.15) is 13.2 Å². The van der Waals surface area contributed by atoms with E-state index in [1.54, 1.807) is 0 Å². The minimum atomic E-state index is -4.43. The van der Waals surface area contributed by atoms with Crippen LogP contribution in [0.25, 0.3) is 0 Å². The number of rotatable bonds is 3. The summed E-state index contributed by atoms with van der Waals surface area (Å²) < 4.78 is 42.8. The standard InChI is InChI=1S/C10H11ClF3NO/c1-16-9-5-7(10(12,13)14)6(2-3-15)4-8(9)11/h4-5H,2-3,15H2,1H3. The van der Waals surface area contributed by atoms with Gasteiger partial charge in [0.05, 0.1) is 17.7 Å². The highest BCUT2D eigenvalue weighted by Gasteiger charge is 2.34. The van der Waals surface area contributed by atoms with E-state index < -0.39 is 11.7 Å². The Kier molecular flexibility index (Phi) is 4.04. The van der Waals surface area contributed by atoms with Gasteiger partial charge < -0.3 is 10.5 Å². The molecule has 1 rings (SSSR count). The molecule has 2 nitrogen and oxygen atoms in total. The normalized spacial score (nSPS) is 11.6. The summed E-state index contributed by atoms with van der Waals surface area (Å²) >= 11 is 5.75. The van der Waals surface area contributed by atoms with Gasteiger partial charge in [0.25, 0.3) is 0 Å². The van der Waals surface area contributed by atoms with E-state index in [-0.39, 0.29) is 29.3 Å². The highest BCUT2D eigenvalue weighted by molar-refractivity contribution is 6.32. The third kappa shape index (κ3) is 2.80. The summed E-state index contributed by atoms with van der Waals surface area (Å²) in [6, 6.07) is 2.14. The van der Waals surface area contributed by atoms with Crippen LogP contribution in [-0.2, 0) is 12.6 Å². The van der Waals surface area contributed by atoms with Gasteiger partial charge >= 0.3 is 6.18 Å². The number of benzene rings is 1. The minimum absolute atomic E-state index is 0.00904. The van der Waals surface area contributed by atoms with E-state index in [0.717, 1.165) is 6.07 Å². The van der Waals surface area contributed by atoms with Gasteiger partial charge in [-0.15, -0.1) is 0 Å². The molecule has 0 aliphatic rings. The molecule has 0 aliphatic heterocycles. The summed E-state index contributed by atoms with van der Waals surface area (Å²) in [6.07, 6.45) is -4.30. The number of methoxy groups -OCH3 is 1. The number of nitrogens with two attached hydrogens (primary N) is 1. The molecule has 0 saturated heterocycles. The number of alkyl halides is 3. The second-order valence-electron chi connectivity index (χ2n) is 3.18. The molecule has 16 heavy (non-hydrogen) atoms. The lowest BCUT2D eigenvalue weighted by molar-refractivity contribution is -0.138. The molecule has 0 spiro atoms. The summed E-state index contributed by atoms with van der Waals surface area (Å²) in [5.74, 6) is 0.00904. The van der Waals surface area contributed by atoms with E-state index in [1.165, 1.54) is 13.2 Å². The van der Waals surface area contributed by atoms with Crippen LogP contribution in [0.15, 0.2) is 12.1 Å². The van der Waals surface area contributed by atoms with Crippen molar-refractivity contribution < 1.29 is 17.9 Å². The second-order valence-corrected chi connectivity index (χ2v) is 3.59. The first kappa shape index (κ1) is 13.1. The number of hydrogen-bond acceptors (Lipinski definition) is 2. The third-order valence-corrected chi connectivity index (χ3v) is 2.39. The molecule has 6 heteroatoms. The smallest absolute Gasteiger partial charge is 0.416 e. The largest absolute Gasteiger partial charge is 0.495 e. The predicted octanol–water partition coefficient (Wildman–Crippen LogP) is 2.87. The summed E-state index contributed by atoms with van der Waals surface area (Å²) in [4.78, 5) is 0. The second kappa shape index (κ2) is 4.93. The highest BCUT2D eigenvalue weighted by atomic mass is 35.5. The Balaban J connectivity index is 3.31. The van der Waals surface area contributed by atoms with Crippen molar-refractivity contribution in [2.75, 3.05) is 13.7 Å². The van der Waals surface area contributed by atoms with E-state index in [2.05, 4.69) is 0 Å². The van der Waals surface area contributed by atoms with Gasteiger partial charge in [0.1, 0.15) is 5.75 Å². The van der Waals surface area contributed by atoms with E-state index in [4.69, 9.17) is 22.1 Å². The van der Waals surface area contributed by atoms with Crippen LogP contribution in [0.2, 0.25) is 5.02 Å². The average Bonchev–Trinajstić information content (AvgIpc) is 2.16. The molecule has 0 bridgehead atoms. The lowest BCUT2D eigenvalue weighted by atomic mass is 10.0. The highest BCUT2D eigenvalue weighted by Crippen LogP contribution is 2.37. The summed E-state index contributed by atoms with van der Waals surface area (Å²) in [5.41, 5.74) is 4.58. The van der Waals surface area contributed by atoms with Crippen molar-refractivity contribution in [1.29, 1.82) is 0 Å². The number of halogens is 4. The van der Waals surface area contributed by atoms with Crippen LogP contribution in [0.5, 0.6) is 5.75 Å². The fourth-order valence-corrected chi connectivity index (χ4v) is 1.64. The van der Waals surface area contributed by atoms with Crippen molar-refractivity contribution in [3.8, 4) is 5.75 Å². The van der Waals surface area contributed by atoms with Crippen LogP contribution in [0.1, 0.15) is 11.1 Å². The Bertz CT molecular complexity index is 379. The SMILES string of the molecule is COc1cc(C(F)(F)F)c(CCN)cc1Cl. The number of ether oxygens (including phenoxy) is 1. The molecular formula is C10H11ClF3NO. The van der Waals surface area contributed by atoms with E-state index in [9.17, 15) is 13.2 Å². The fraction of sp³-hybridized carbons (Fsp3) is 0.400. The molecule has 0 heterocycles. The van der Waals surface area contributed by atoms with Crippen molar-refractivity contribution >= 4 is 11.6 Å². The molecule has 0 amide bonds. The maximum atomic E-state index is 12.7. The average molecular weight is 254 g/mol. The van der Waals surface area contributed by atoms with Crippen molar-refractivity contribution in [2.45, 2.75) is 12.6 Å². The number of hydrogen-bond donors (Lipinski definition) is 1. The Morgan fingerprint density at radius 3 is 2.44 bits per heavy atom. The molecule has 0 atom stereocenters. The first-order chi connectivity index (χ1) is 7.40. The van der Waals surface area contributed by atoms with Crippen LogP contribution in [0.4, 0.5) is 13.2 Å². The first-order valence-electron chi connectivity index (χ1n) is 4.53. The van der Waals surface area contributed by atoms with Gasteiger partial charge in [-0.3, -0.25) is 0 Å². The van der Waals surface area contributed by atoms with E-state index in [1.807, 2.05) is 0 Å². The first-order valence-corrected chi connectivity index (χ1v) is 4.91. The van der Waals surface area contributed by atoms with Gasteiger partial charge in [0, 0.05) is 0 Å². The monoisotopic (exact) mass is 253 g/mol. The van der Waals surface area contributed by atoms with Crippen molar-refractivity contribution in [1.82, 2.24) is 0 Å². The summed E-state index contributed by atoms with van der Waals surface area (Å²) in [5, 5.41) is 0.152. The molecule has 0 radical (unpaired) electrons. The molecule has 0 aromatic heterocycles. The van der Waals surface area contributed by atoms with E-state index in [0.29, 0.717) is 0 Å². The van der Waals surface area contributed by atoms with Gasteiger partial charge in [-0.05, 0) is 30.7 Å². The van der Waals surface area contributed by atoms with E-state index >= 15 is 0 Å². The maximum Gasteiger partial charge on any atom is 0.416 e. The van der Waals surface area contributed by atoms with Crippen molar-refractivity contribution in [3.63, 3.8) is 0 Å². The zero-order valence-corrected chi connectivity index (χ0v) is 9.32. The summed E-state index contributed by atoms with van der Waals surface area (Å²) in [6.45, 7) is 0.131. The molecule has 1 aromatic carbocycles. The molecule has 0 aliphatic carbocycles. The Hall–Kier alpha value is -0.940. The molecule has 0 saturated carbocycles. The molecule has 2 N–H and O–H groups in total. The van der Waals surface area contributed by atoms with Crippen molar-refractivity contribution in [3.05, 3.63) is 28.3 Å². The van der Waals surface area contributed by atoms with Crippen LogP contribution in [0, 0.1) is 0 Å². The topological polar surface area (TPSA) is 35.2 Å². The minimum Gasteiger partial charge on any atom is -0.495 e. The third-order valence-electron chi connectivity index (χ3n) is 2.10. The quantitative estimate of drug-likeness (QED) is 0.899. The predicted molar refractivity (Wildman–Crippen MR) is 55.8 cm³/mol. The van der Waals surface area contributed by atoms with Crippen LogP contribution in [-0.4, -0.2) is 13.7 Å². The Morgan fingerprint density at radius 2 is 2.00 bits per heavy atom. The van der Waals surface area contributed by atoms with Crippen molar-refractivity contribution in [2.24, 2.45) is 5.73 Å². The van der Waals surface area contributed by atoms with Gasteiger partial charge in [-0.1, -0.05) is 11.6 Å². The van der Waals surface area contributed by atoms with Gasteiger partial charge in [-0.25, -0.2) is 0 Å². The molecular weight excluding hydrogens is 243 g/mol.